The van der Waals surface area contributed by atoms with Gasteiger partial charge in [-0.3, -0.25) is 4.79 Å². The molecule has 6 heteroatoms. The molecular formula is C22H27N3O3. The van der Waals surface area contributed by atoms with Crippen molar-refractivity contribution in [1.82, 2.24) is 15.1 Å². The maximum absolute atomic E-state index is 12.6. The van der Waals surface area contributed by atoms with Crippen LogP contribution in [0.4, 0.5) is 4.79 Å². The number of urea groups is 1. The number of nitrogens with one attached hydrogen (secondary N) is 1. The van der Waals surface area contributed by atoms with E-state index < -0.39 is 0 Å². The molecule has 6 nitrogen and oxygen atoms in total. The topological polar surface area (TPSA) is 61.9 Å². The highest BCUT2D eigenvalue weighted by Gasteiger charge is 2.34. The van der Waals surface area contributed by atoms with E-state index in [0.717, 1.165) is 23.3 Å². The summed E-state index contributed by atoms with van der Waals surface area (Å²) in [5.41, 5.74) is 2.06. The predicted octanol–water partition coefficient (Wildman–Crippen LogP) is 3.03. The Morgan fingerprint density at radius 1 is 1.11 bits per heavy atom. The first-order chi connectivity index (χ1) is 13.5. The maximum atomic E-state index is 12.6. The number of carbonyl (C=O) groups excluding carboxylic acids is 2. The number of nitrogens with zero attached hydrogens (tertiary/aromatic N) is 2. The Morgan fingerprint density at radius 2 is 1.86 bits per heavy atom. The van der Waals surface area contributed by atoms with E-state index in [4.69, 9.17) is 4.74 Å². The van der Waals surface area contributed by atoms with Crippen molar-refractivity contribution in [3.63, 3.8) is 0 Å². The molecule has 3 rings (SSSR count). The zero-order valence-corrected chi connectivity index (χ0v) is 16.4. The SMILES string of the molecule is CN(C)C(=O)[C@@H]1CCCN1C(=O)NCc1cccc(OCc2ccccc2)c1. The lowest BCUT2D eigenvalue weighted by Crippen LogP contribution is -2.49. The third-order valence-corrected chi connectivity index (χ3v) is 4.83. The molecule has 1 atom stereocenters. The molecule has 0 aliphatic carbocycles. The number of carbonyl (C=O) groups is 2. The van der Waals surface area contributed by atoms with Crippen LogP contribution in [-0.4, -0.2) is 48.4 Å². The molecule has 1 N–H and O–H groups in total. The van der Waals surface area contributed by atoms with Gasteiger partial charge in [0.05, 0.1) is 0 Å². The van der Waals surface area contributed by atoms with E-state index in [1.54, 1.807) is 23.9 Å². The van der Waals surface area contributed by atoms with Crippen LogP contribution in [0, 0.1) is 0 Å². The first-order valence-electron chi connectivity index (χ1n) is 9.56. The summed E-state index contributed by atoms with van der Waals surface area (Å²) < 4.78 is 5.84. The molecule has 0 bridgehead atoms. The van der Waals surface area contributed by atoms with Crippen LogP contribution in [0.15, 0.2) is 54.6 Å². The van der Waals surface area contributed by atoms with Crippen LogP contribution in [0.5, 0.6) is 5.75 Å². The lowest BCUT2D eigenvalue weighted by molar-refractivity contribution is -0.132. The van der Waals surface area contributed by atoms with Gasteiger partial charge in [0, 0.05) is 27.2 Å². The van der Waals surface area contributed by atoms with Gasteiger partial charge in [-0.05, 0) is 36.1 Å². The third-order valence-electron chi connectivity index (χ3n) is 4.83. The number of hydrogen-bond acceptors (Lipinski definition) is 3. The molecule has 2 aromatic carbocycles. The number of hydrogen-bond donors (Lipinski definition) is 1. The lowest BCUT2D eigenvalue weighted by atomic mass is 10.2. The van der Waals surface area contributed by atoms with Gasteiger partial charge in [0.25, 0.3) is 0 Å². The van der Waals surface area contributed by atoms with Gasteiger partial charge in [-0.2, -0.15) is 0 Å². The van der Waals surface area contributed by atoms with Crippen molar-refractivity contribution in [3.8, 4) is 5.75 Å². The quantitative estimate of drug-likeness (QED) is 0.837. The summed E-state index contributed by atoms with van der Waals surface area (Å²) >= 11 is 0. The molecule has 0 unspecified atom stereocenters. The summed E-state index contributed by atoms with van der Waals surface area (Å²) in [7, 11) is 3.44. The van der Waals surface area contributed by atoms with Crippen molar-refractivity contribution in [2.45, 2.75) is 32.0 Å². The summed E-state index contributed by atoms with van der Waals surface area (Å²) in [6.45, 7) is 1.50. The number of amides is 3. The zero-order valence-electron chi connectivity index (χ0n) is 16.4. The Bertz CT molecular complexity index is 808. The average molecular weight is 381 g/mol. The summed E-state index contributed by atoms with van der Waals surface area (Å²) in [5.74, 6) is 0.737. The second kappa shape index (κ2) is 9.26. The van der Waals surface area contributed by atoms with Gasteiger partial charge in [-0.1, -0.05) is 42.5 Å². The van der Waals surface area contributed by atoms with Gasteiger partial charge in [0.15, 0.2) is 0 Å². The van der Waals surface area contributed by atoms with Crippen LogP contribution in [-0.2, 0) is 17.9 Å². The van der Waals surface area contributed by atoms with Crippen LogP contribution < -0.4 is 10.1 Å². The van der Waals surface area contributed by atoms with Crippen molar-refractivity contribution >= 4 is 11.9 Å². The highest BCUT2D eigenvalue weighted by molar-refractivity contribution is 5.87. The minimum atomic E-state index is -0.365. The number of likely N-dealkylation sites (N-methyl/N-ethyl adjacent to an activating group) is 1. The molecule has 1 fully saturated rings. The minimum Gasteiger partial charge on any atom is -0.489 e. The van der Waals surface area contributed by atoms with Crippen molar-refractivity contribution in [2.75, 3.05) is 20.6 Å². The summed E-state index contributed by atoms with van der Waals surface area (Å²) in [6, 6.07) is 17.1. The fraction of sp³-hybridized carbons (Fsp3) is 0.364. The molecule has 1 heterocycles. The number of rotatable bonds is 6. The summed E-state index contributed by atoms with van der Waals surface area (Å²) in [4.78, 5) is 28.0. The first-order valence-corrected chi connectivity index (χ1v) is 9.56. The van der Waals surface area contributed by atoms with E-state index in [1.807, 2.05) is 54.6 Å². The molecule has 0 radical (unpaired) electrons. The molecule has 0 spiro atoms. The molecule has 1 aliphatic heterocycles. The van der Waals surface area contributed by atoms with E-state index in [2.05, 4.69) is 5.32 Å². The van der Waals surface area contributed by atoms with Gasteiger partial charge in [-0.15, -0.1) is 0 Å². The van der Waals surface area contributed by atoms with Gasteiger partial charge < -0.3 is 19.9 Å². The molecule has 0 aromatic heterocycles. The largest absolute Gasteiger partial charge is 0.489 e. The second-order valence-corrected chi connectivity index (χ2v) is 7.16. The minimum absolute atomic E-state index is 0.0241. The number of ether oxygens (including phenoxy) is 1. The van der Waals surface area contributed by atoms with Crippen molar-refractivity contribution in [3.05, 3.63) is 65.7 Å². The fourth-order valence-corrected chi connectivity index (χ4v) is 3.33. The van der Waals surface area contributed by atoms with Crippen LogP contribution >= 0.6 is 0 Å². The summed E-state index contributed by atoms with van der Waals surface area (Å²) in [5, 5.41) is 2.93. The molecule has 28 heavy (non-hydrogen) atoms. The van der Waals surface area contributed by atoms with E-state index >= 15 is 0 Å². The molecule has 1 aliphatic rings. The Kier molecular flexibility index (Phi) is 6.53. The van der Waals surface area contributed by atoms with Crippen LogP contribution in [0.3, 0.4) is 0 Å². The highest BCUT2D eigenvalue weighted by Crippen LogP contribution is 2.19. The molecule has 1 saturated heterocycles. The smallest absolute Gasteiger partial charge is 0.318 e. The predicted molar refractivity (Wildman–Crippen MR) is 108 cm³/mol. The van der Waals surface area contributed by atoms with Gasteiger partial charge in [0.1, 0.15) is 18.4 Å². The lowest BCUT2D eigenvalue weighted by Gasteiger charge is -2.26. The van der Waals surface area contributed by atoms with E-state index in [1.165, 1.54) is 0 Å². The molecular weight excluding hydrogens is 354 g/mol. The normalized spacial score (nSPS) is 15.9. The molecule has 2 aromatic rings. The Balaban J connectivity index is 1.54. The fourth-order valence-electron chi connectivity index (χ4n) is 3.33. The van der Waals surface area contributed by atoms with Gasteiger partial charge in [-0.25, -0.2) is 4.79 Å². The number of likely N-dealkylation sites (tertiary alicyclic amines) is 1. The Labute approximate surface area is 166 Å². The third kappa shape index (κ3) is 5.03. The van der Waals surface area contributed by atoms with Crippen LogP contribution in [0.1, 0.15) is 24.0 Å². The zero-order chi connectivity index (χ0) is 19.9. The average Bonchev–Trinajstić information content (AvgIpc) is 3.21. The van der Waals surface area contributed by atoms with Gasteiger partial charge in [0.2, 0.25) is 5.91 Å². The highest BCUT2D eigenvalue weighted by atomic mass is 16.5. The molecule has 148 valence electrons. The van der Waals surface area contributed by atoms with Crippen molar-refractivity contribution in [1.29, 1.82) is 0 Å². The standard InChI is InChI=1S/C22H27N3O3/c1-24(2)21(26)20-12-7-13-25(20)22(27)23-15-18-10-6-11-19(14-18)28-16-17-8-4-3-5-9-17/h3-6,8-11,14,20H,7,12-13,15-16H2,1-2H3,(H,23,27)/t20-/m0/s1. The second-order valence-electron chi connectivity index (χ2n) is 7.16. The first kappa shape index (κ1) is 19.7. The molecule has 3 amide bonds. The van der Waals surface area contributed by atoms with E-state index in [-0.39, 0.29) is 18.0 Å². The monoisotopic (exact) mass is 381 g/mol. The summed E-state index contributed by atoms with van der Waals surface area (Å²) in [6.07, 6.45) is 1.56. The van der Waals surface area contributed by atoms with Crippen LogP contribution in [0.25, 0.3) is 0 Å². The van der Waals surface area contributed by atoms with Gasteiger partial charge >= 0.3 is 6.03 Å². The molecule has 0 saturated carbocycles. The van der Waals surface area contributed by atoms with Crippen LogP contribution in [0.2, 0.25) is 0 Å². The number of benzene rings is 2. The maximum Gasteiger partial charge on any atom is 0.318 e. The van der Waals surface area contributed by atoms with E-state index in [9.17, 15) is 9.59 Å². The Hall–Kier alpha value is -3.02. The Morgan fingerprint density at radius 3 is 2.61 bits per heavy atom. The van der Waals surface area contributed by atoms with Crippen molar-refractivity contribution < 1.29 is 14.3 Å². The van der Waals surface area contributed by atoms with E-state index in [0.29, 0.717) is 26.1 Å². The van der Waals surface area contributed by atoms with Crippen molar-refractivity contribution in [2.24, 2.45) is 0 Å².